The van der Waals surface area contributed by atoms with Gasteiger partial charge in [0, 0.05) is 6.61 Å². The monoisotopic (exact) mass is 264 g/mol. The Balaban J connectivity index is 2.06. The van der Waals surface area contributed by atoms with Crippen molar-refractivity contribution in [3.05, 3.63) is 30.3 Å². The number of amides is 1. The Morgan fingerprint density at radius 3 is 2.89 bits per heavy atom. The Kier molecular flexibility index (Phi) is 4.78. The first-order valence-corrected chi connectivity index (χ1v) is 6.94. The number of rotatable bonds is 5. The Morgan fingerprint density at radius 2 is 2.17 bits per heavy atom. The van der Waals surface area contributed by atoms with Crippen LogP contribution < -0.4 is 0 Å². The number of carbonyl (C=O) groups is 1. The fraction of sp³-hybridized carbons (Fsp3) is 0.385. The summed E-state index contributed by atoms with van der Waals surface area (Å²) in [7, 11) is 0. The van der Waals surface area contributed by atoms with E-state index in [1.165, 1.54) is 11.8 Å². The second kappa shape index (κ2) is 6.56. The molecule has 1 aromatic rings. The number of ether oxygens (including phenoxy) is 1. The summed E-state index contributed by atoms with van der Waals surface area (Å²) >= 11 is 1.48. The van der Waals surface area contributed by atoms with Crippen molar-refractivity contribution in [2.45, 2.75) is 6.92 Å². The molecule has 1 saturated heterocycles. The van der Waals surface area contributed by atoms with Gasteiger partial charge >= 0.3 is 0 Å². The fourth-order valence-corrected chi connectivity index (χ4v) is 2.54. The summed E-state index contributed by atoms with van der Waals surface area (Å²) in [6.45, 7) is 3.74. The van der Waals surface area contributed by atoms with Crippen molar-refractivity contribution < 1.29 is 9.53 Å². The largest absolute Gasteiger partial charge is 0.380 e. The van der Waals surface area contributed by atoms with E-state index in [0.29, 0.717) is 25.5 Å². The minimum Gasteiger partial charge on any atom is -0.380 e. The van der Waals surface area contributed by atoms with Crippen LogP contribution in [0.1, 0.15) is 6.92 Å². The predicted molar refractivity (Wildman–Crippen MR) is 74.2 cm³/mol. The van der Waals surface area contributed by atoms with Crippen LogP contribution in [0.15, 0.2) is 35.3 Å². The molecule has 0 unspecified atom stereocenters. The molecule has 96 valence electrons. The summed E-state index contributed by atoms with van der Waals surface area (Å²) in [6.07, 6.45) is 0. The van der Waals surface area contributed by atoms with Gasteiger partial charge in [-0.15, -0.1) is 0 Å². The predicted octanol–water partition coefficient (Wildman–Crippen LogP) is 2.29. The lowest BCUT2D eigenvalue weighted by atomic mass is 10.3. The van der Waals surface area contributed by atoms with Crippen molar-refractivity contribution in [1.82, 2.24) is 4.90 Å². The third-order valence-corrected chi connectivity index (χ3v) is 3.46. The first-order valence-electron chi connectivity index (χ1n) is 5.96. The second-order valence-electron chi connectivity index (χ2n) is 3.76. The average Bonchev–Trinajstić information content (AvgIpc) is 2.73. The highest BCUT2D eigenvalue weighted by molar-refractivity contribution is 8.15. The molecular weight excluding hydrogens is 248 g/mol. The standard InChI is InChI=1S/C13H16N2O2S/c1-2-17-9-8-15-12(16)10-18-13(15)14-11-6-4-3-5-7-11/h3-7H,2,8-10H2,1H3. The van der Waals surface area contributed by atoms with Crippen molar-refractivity contribution in [3.63, 3.8) is 0 Å². The number of carbonyl (C=O) groups excluding carboxylic acids is 1. The van der Waals surface area contributed by atoms with Gasteiger partial charge in [-0.05, 0) is 19.1 Å². The van der Waals surface area contributed by atoms with Crippen LogP contribution in [0.3, 0.4) is 0 Å². The Bertz CT molecular complexity index is 434. The van der Waals surface area contributed by atoms with Crippen molar-refractivity contribution in [2.75, 3.05) is 25.5 Å². The zero-order valence-corrected chi connectivity index (χ0v) is 11.2. The second-order valence-corrected chi connectivity index (χ2v) is 4.70. The molecule has 0 spiro atoms. The van der Waals surface area contributed by atoms with Gasteiger partial charge in [-0.3, -0.25) is 9.69 Å². The minimum atomic E-state index is 0.106. The highest BCUT2D eigenvalue weighted by Gasteiger charge is 2.27. The maximum absolute atomic E-state index is 11.7. The number of benzene rings is 1. The molecular formula is C13H16N2O2S. The molecule has 1 fully saturated rings. The van der Waals surface area contributed by atoms with Crippen molar-refractivity contribution in [1.29, 1.82) is 0 Å². The molecule has 0 bridgehead atoms. The first-order chi connectivity index (χ1) is 8.81. The molecule has 5 heteroatoms. The summed E-state index contributed by atoms with van der Waals surface area (Å²) in [5.41, 5.74) is 0.871. The van der Waals surface area contributed by atoms with Crippen LogP contribution >= 0.6 is 11.8 Å². The number of aliphatic imine (C=N–C) groups is 1. The Labute approximate surface area is 111 Å². The lowest BCUT2D eigenvalue weighted by molar-refractivity contribution is -0.124. The van der Waals surface area contributed by atoms with E-state index in [-0.39, 0.29) is 5.91 Å². The summed E-state index contributed by atoms with van der Waals surface area (Å²) in [4.78, 5) is 17.9. The Morgan fingerprint density at radius 1 is 1.39 bits per heavy atom. The molecule has 0 aromatic heterocycles. The maximum atomic E-state index is 11.7. The van der Waals surface area contributed by atoms with E-state index in [4.69, 9.17) is 4.74 Å². The number of thioether (sulfide) groups is 1. The first kappa shape index (κ1) is 13.1. The van der Waals surface area contributed by atoms with Gasteiger partial charge in [-0.2, -0.15) is 0 Å². The van der Waals surface area contributed by atoms with Crippen LogP contribution in [0.2, 0.25) is 0 Å². The topological polar surface area (TPSA) is 41.9 Å². The van der Waals surface area contributed by atoms with Gasteiger partial charge in [0.2, 0.25) is 5.91 Å². The molecule has 4 nitrogen and oxygen atoms in total. The van der Waals surface area contributed by atoms with E-state index < -0.39 is 0 Å². The van der Waals surface area contributed by atoms with Crippen LogP contribution in [-0.2, 0) is 9.53 Å². The fourth-order valence-electron chi connectivity index (χ4n) is 1.61. The third-order valence-electron chi connectivity index (χ3n) is 2.50. The van der Waals surface area contributed by atoms with E-state index >= 15 is 0 Å². The van der Waals surface area contributed by atoms with Crippen molar-refractivity contribution >= 4 is 28.5 Å². The molecule has 0 radical (unpaired) electrons. The molecule has 1 aliphatic rings. The van der Waals surface area contributed by atoms with Gasteiger partial charge in [0.25, 0.3) is 0 Å². The lowest BCUT2D eigenvalue weighted by Crippen LogP contribution is -2.32. The molecule has 1 amide bonds. The zero-order valence-electron chi connectivity index (χ0n) is 10.3. The van der Waals surface area contributed by atoms with Crippen molar-refractivity contribution in [3.8, 4) is 0 Å². The number of hydrogen-bond donors (Lipinski definition) is 0. The summed E-state index contributed by atoms with van der Waals surface area (Å²) in [5, 5.41) is 0.769. The van der Waals surface area contributed by atoms with Gasteiger partial charge in [-0.1, -0.05) is 30.0 Å². The normalized spacial score (nSPS) is 17.7. The van der Waals surface area contributed by atoms with Gasteiger partial charge in [0.1, 0.15) is 0 Å². The lowest BCUT2D eigenvalue weighted by Gasteiger charge is -2.15. The van der Waals surface area contributed by atoms with E-state index in [1.807, 2.05) is 37.3 Å². The number of amidine groups is 1. The molecule has 1 aromatic carbocycles. The van der Waals surface area contributed by atoms with Gasteiger partial charge in [-0.25, -0.2) is 4.99 Å². The molecule has 2 rings (SSSR count). The van der Waals surface area contributed by atoms with Crippen LogP contribution in [0, 0.1) is 0 Å². The van der Waals surface area contributed by atoms with Gasteiger partial charge in [0.15, 0.2) is 5.17 Å². The molecule has 1 aliphatic heterocycles. The molecule has 0 N–H and O–H groups in total. The number of para-hydroxylation sites is 1. The van der Waals surface area contributed by atoms with E-state index in [1.54, 1.807) is 4.90 Å². The van der Waals surface area contributed by atoms with E-state index in [0.717, 1.165) is 10.9 Å². The van der Waals surface area contributed by atoms with Crippen LogP contribution in [-0.4, -0.2) is 41.5 Å². The van der Waals surface area contributed by atoms with E-state index in [2.05, 4.69) is 4.99 Å². The number of hydrogen-bond acceptors (Lipinski definition) is 4. The van der Waals surface area contributed by atoms with Gasteiger partial charge < -0.3 is 4.74 Å². The minimum absolute atomic E-state index is 0.106. The Hall–Kier alpha value is -1.33. The van der Waals surface area contributed by atoms with Crippen LogP contribution in [0.4, 0.5) is 5.69 Å². The van der Waals surface area contributed by atoms with Gasteiger partial charge in [0.05, 0.1) is 24.6 Å². The average molecular weight is 264 g/mol. The highest BCUT2D eigenvalue weighted by Crippen LogP contribution is 2.23. The smallest absolute Gasteiger partial charge is 0.239 e. The van der Waals surface area contributed by atoms with Crippen LogP contribution in [0.25, 0.3) is 0 Å². The molecule has 0 atom stereocenters. The third kappa shape index (κ3) is 3.34. The highest BCUT2D eigenvalue weighted by atomic mass is 32.2. The summed E-state index contributed by atoms with van der Waals surface area (Å²) in [5.74, 6) is 0.576. The van der Waals surface area contributed by atoms with Crippen molar-refractivity contribution in [2.24, 2.45) is 4.99 Å². The molecule has 0 aliphatic carbocycles. The van der Waals surface area contributed by atoms with Crippen LogP contribution in [0.5, 0.6) is 0 Å². The van der Waals surface area contributed by atoms with E-state index in [9.17, 15) is 4.79 Å². The SMILES string of the molecule is CCOCCN1C(=O)CSC1=Nc1ccccc1. The molecule has 0 saturated carbocycles. The maximum Gasteiger partial charge on any atom is 0.239 e. The molecule has 1 heterocycles. The number of nitrogens with zero attached hydrogens (tertiary/aromatic N) is 2. The summed E-state index contributed by atoms with van der Waals surface area (Å²) < 4.78 is 5.28. The summed E-state index contributed by atoms with van der Waals surface area (Å²) in [6, 6.07) is 9.67. The molecule has 18 heavy (non-hydrogen) atoms. The zero-order chi connectivity index (χ0) is 12.8. The quantitative estimate of drug-likeness (QED) is 0.766.